The number of hydrogen-bond donors (Lipinski definition) is 0. The van der Waals surface area contributed by atoms with E-state index in [4.69, 9.17) is 5.32 Å². The molecule has 23 heavy (non-hydrogen) atoms. The lowest BCUT2D eigenvalue weighted by Gasteiger charge is -2.09. The van der Waals surface area contributed by atoms with Gasteiger partial charge in [0.05, 0.1) is 16.9 Å². The summed E-state index contributed by atoms with van der Waals surface area (Å²) in [6.45, 7) is 0. The maximum Gasteiger partial charge on any atom is 0.0722 e. The second kappa shape index (κ2) is 4.68. The smallest absolute Gasteiger partial charge is 0.0722 e. The summed E-state index contributed by atoms with van der Waals surface area (Å²) >= 11 is 0. The summed E-state index contributed by atoms with van der Waals surface area (Å²) in [4.78, 5) is 4.61. The molecule has 0 atom stereocenters. The Morgan fingerprint density at radius 1 is 0.652 bits per heavy atom. The minimum absolute atomic E-state index is 1.02. The number of aromatic nitrogens is 1. The second-order valence-electron chi connectivity index (χ2n) is 5.75. The SMILES string of the molecule is c1ccc2c(c1)[N]c1cccc(-c3cnc4ccccc4c3)c1-2. The van der Waals surface area contributed by atoms with Crippen molar-refractivity contribution in [3.05, 3.63) is 79.0 Å². The first-order valence-electron chi connectivity index (χ1n) is 7.69. The summed E-state index contributed by atoms with van der Waals surface area (Å²) in [5.74, 6) is 0. The van der Waals surface area contributed by atoms with Gasteiger partial charge in [0.25, 0.3) is 0 Å². The molecule has 0 saturated carbocycles. The minimum Gasteiger partial charge on any atom is -0.256 e. The van der Waals surface area contributed by atoms with Crippen molar-refractivity contribution < 1.29 is 0 Å². The van der Waals surface area contributed by atoms with E-state index in [9.17, 15) is 0 Å². The molecule has 0 saturated heterocycles. The third-order valence-corrected chi connectivity index (χ3v) is 4.36. The molecule has 1 aliphatic heterocycles. The average molecular weight is 293 g/mol. The van der Waals surface area contributed by atoms with Crippen LogP contribution in [0.5, 0.6) is 0 Å². The zero-order chi connectivity index (χ0) is 15.2. The van der Waals surface area contributed by atoms with E-state index in [0.717, 1.165) is 27.8 Å². The van der Waals surface area contributed by atoms with Gasteiger partial charge in [0.1, 0.15) is 0 Å². The van der Waals surface area contributed by atoms with Gasteiger partial charge in [-0.25, -0.2) is 5.32 Å². The summed E-state index contributed by atoms with van der Waals surface area (Å²) in [5.41, 5.74) is 7.84. The van der Waals surface area contributed by atoms with Crippen LogP contribution in [0.1, 0.15) is 0 Å². The normalized spacial score (nSPS) is 11.8. The summed E-state index contributed by atoms with van der Waals surface area (Å²) < 4.78 is 0. The molecule has 3 aromatic carbocycles. The van der Waals surface area contributed by atoms with E-state index in [1.807, 2.05) is 30.5 Å². The van der Waals surface area contributed by atoms with Gasteiger partial charge in [0.15, 0.2) is 0 Å². The van der Waals surface area contributed by atoms with Crippen LogP contribution in [0.25, 0.3) is 33.2 Å². The van der Waals surface area contributed by atoms with Crippen molar-refractivity contribution >= 4 is 22.3 Å². The quantitative estimate of drug-likeness (QED) is 0.404. The lowest BCUT2D eigenvalue weighted by Crippen LogP contribution is -1.86. The van der Waals surface area contributed by atoms with Gasteiger partial charge in [0.2, 0.25) is 0 Å². The van der Waals surface area contributed by atoms with Gasteiger partial charge in [-0.3, -0.25) is 4.98 Å². The van der Waals surface area contributed by atoms with E-state index in [2.05, 4.69) is 53.5 Å². The predicted molar refractivity (Wildman–Crippen MR) is 94.1 cm³/mol. The molecule has 0 fully saturated rings. The molecule has 0 aliphatic carbocycles. The Kier molecular flexibility index (Phi) is 2.53. The Labute approximate surface area is 134 Å². The number of pyridine rings is 1. The maximum atomic E-state index is 4.74. The van der Waals surface area contributed by atoms with Crippen LogP contribution in [0.2, 0.25) is 0 Å². The fourth-order valence-electron chi connectivity index (χ4n) is 3.29. The van der Waals surface area contributed by atoms with E-state index in [1.165, 1.54) is 16.7 Å². The van der Waals surface area contributed by atoms with E-state index in [-0.39, 0.29) is 0 Å². The first-order chi connectivity index (χ1) is 11.4. The van der Waals surface area contributed by atoms with Crippen LogP contribution < -0.4 is 5.32 Å². The van der Waals surface area contributed by atoms with E-state index in [1.54, 1.807) is 0 Å². The third kappa shape index (κ3) is 1.85. The molecule has 1 aromatic heterocycles. The van der Waals surface area contributed by atoms with Gasteiger partial charge in [-0.1, -0.05) is 48.5 Å². The van der Waals surface area contributed by atoms with Gasteiger partial charge in [0, 0.05) is 28.3 Å². The molecule has 0 N–H and O–H groups in total. The average Bonchev–Trinajstić information content (AvgIpc) is 3.00. The first-order valence-corrected chi connectivity index (χ1v) is 7.69. The molecular weight excluding hydrogens is 280 g/mol. The molecule has 0 spiro atoms. The van der Waals surface area contributed by atoms with Crippen LogP contribution in [0.15, 0.2) is 79.0 Å². The number of rotatable bonds is 1. The summed E-state index contributed by atoms with van der Waals surface area (Å²) in [6.07, 6.45) is 1.96. The molecule has 5 rings (SSSR count). The Balaban J connectivity index is 1.78. The number of hydrogen-bond acceptors (Lipinski definition) is 1. The van der Waals surface area contributed by atoms with Crippen molar-refractivity contribution in [3.63, 3.8) is 0 Å². The number of nitrogens with zero attached hydrogens (tertiary/aromatic N) is 2. The highest BCUT2D eigenvalue weighted by atomic mass is 14.9. The van der Waals surface area contributed by atoms with Gasteiger partial charge in [-0.05, 0) is 29.8 Å². The van der Waals surface area contributed by atoms with Gasteiger partial charge >= 0.3 is 0 Å². The highest BCUT2D eigenvalue weighted by Gasteiger charge is 2.22. The van der Waals surface area contributed by atoms with Crippen LogP contribution in [0.3, 0.4) is 0 Å². The molecule has 4 aromatic rings. The molecule has 2 nitrogen and oxygen atoms in total. The van der Waals surface area contributed by atoms with Crippen molar-refractivity contribution in [1.29, 1.82) is 0 Å². The van der Waals surface area contributed by atoms with Crippen LogP contribution in [-0.4, -0.2) is 4.98 Å². The van der Waals surface area contributed by atoms with Crippen molar-refractivity contribution in [2.24, 2.45) is 0 Å². The Hall–Kier alpha value is -3.13. The van der Waals surface area contributed by atoms with Crippen LogP contribution in [0, 0.1) is 0 Å². The molecule has 107 valence electrons. The summed E-state index contributed by atoms with van der Waals surface area (Å²) in [7, 11) is 0. The molecule has 0 unspecified atom stereocenters. The largest absolute Gasteiger partial charge is 0.256 e. The molecule has 0 amide bonds. The molecule has 2 heteroatoms. The summed E-state index contributed by atoms with van der Waals surface area (Å²) in [5, 5.41) is 5.90. The highest BCUT2D eigenvalue weighted by molar-refractivity contribution is 6.00. The highest BCUT2D eigenvalue weighted by Crippen LogP contribution is 2.47. The fraction of sp³-hybridized carbons (Fsp3) is 0. The molecule has 1 aliphatic rings. The number of para-hydroxylation sites is 2. The second-order valence-corrected chi connectivity index (χ2v) is 5.75. The van der Waals surface area contributed by atoms with Crippen molar-refractivity contribution in [2.75, 3.05) is 0 Å². The molecule has 0 bridgehead atoms. The lowest BCUT2D eigenvalue weighted by atomic mass is 9.95. The molecule has 2 heterocycles. The zero-order valence-corrected chi connectivity index (χ0v) is 12.4. The lowest BCUT2D eigenvalue weighted by molar-refractivity contribution is 1.24. The number of fused-ring (bicyclic) bond motifs is 4. The molecular formula is C21H13N2. The van der Waals surface area contributed by atoms with Crippen molar-refractivity contribution in [2.45, 2.75) is 0 Å². The Morgan fingerprint density at radius 2 is 1.43 bits per heavy atom. The molecule has 1 radical (unpaired) electrons. The third-order valence-electron chi connectivity index (χ3n) is 4.36. The van der Waals surface area contributed by atoms with Crippen molar-refractivity contribution in [1.82, 2.24) is 10.3 Å². The van der Waals surface area contributed by atoms with Gasteiger partial charge in [-0.15, -0.1) is 0 Å². The van der Waals surface area contributed by atoms with Gasteiger partial charge in [-0.2, -0.15) is 0 Å². The van der Waals surface area contributed by atoms with Crippen LogP contribution in [0.4, 0.5) is 11.4 Å². The summed E-state index contributed by atoms with van der Waals surface area (Å²) in [6, 6.07) is 25.0. The number of benzene rings is 3. The van der Waals surface area contributed by atoms with E-state index in [0.29, 0.717) is 0 Å². The van der Waals surface area contributed by atoms with Crippen molar-refractivity contribution in [3.8, 4) is 22.3 Å². The van der Waals surface area contributed by atoms with Gasteiger partial charge < -0.3 is 0 Å². The minimum atomic E-state index is 1.02. The first kappa shape index (κ1) is 12.4. The zero-order valence-electron chi connectivity index (χ0n) is 12.4. The Bertz CT molecular complexity index is 1050. The van der Waals surface area contributed by atoms with Crippen LogP contribution in [-0.2, 0) is 0 Å². The standard InChI is InChI=1S/C21H13N2/c1-3-9-18-14(6-1)12-15(13-22-18)16-8-5-11-20-21(16)17-7-2-4-10-19(17)23-20/h1-13H. The fourth-order valence-corrected chi connectivity index (χ4v) is 3.29. The van der Waals surface area contributed by atoms with E-state index >= 15 is 0 Å². The van der Waals surface area contributed by atoms with E-state index < -0.39 is 0 Å². The predicted octanol–water partition coefficient (Wildman–Crippen LogP) is 5.45. The Morgan fingerprint density at radius 3 is 2.43 bits per heavy atom. The topological polar surface area (TPSA) is 27.0 Å². The maximum absolute atomic E-state index is 4.74. The monoisotopic (exact) mass is 293 g/mol. The van der Waals surface area contributed by atoms with Crippen LogP contribution >= 0.6 is 0 Å².